The van der Waals surface area contributed by atoms with Gasteiger partial charge in [-0.2, -0.15) is 5.10 Å². The second-order valence-corrected chi connectivity index (χ2v) is 4.18. The largest absolute Gasteiger partial charge is 0.356 e. The van der Waals surface area contributed by atoms with E-state index in [4.69, 9.17) is 0 Å². The van der Waals surface area contributed by atoms with E-state index in [1.807, 2.05) is 11.6 Å². The first-order valence-corrected chi connectivity index (χ1v) is 6.62. The fourth-order valence-corrected chi connectivity index (χ4v) is 1.58. The summed E-state index contributed by atoms with van der Waals surface area (Å²) < 4.78 is 1.89. The lowest BCUT2D eigenvalue weighted by Crippen LogP contribution is -2.28. The minimum Gasteiger partial charge on any atom is -0.356 e. The molecule has 0 saturated heterocycles. The summed E-state index contributed by atoms with van der Waals surface area (Å²) in [7, 11) is 0. The minimum atomic E-state index is 0.0966. The SMILES string of the molecule is CCCNC(=O)CCNCc1ncnn1CCC. The van der Waals surface area contributed by atoms with Crippen LogP contribution in [0.5, 0.6) is 0 Å². The van der Waals surface area contributed by atoms with Gasteiger partial charge in [0.1, 0.15) is 12.2 Å². The highest BCUT2D eigenvalue weighted by molar-refractivity contribution is 5.75. The molecule has 1 amide bonds. The molecule has 0 aliphatic heterocycles. The van der Waals surface area contributed by atoms with E-state index in [0.29, 0.717) is 19.5 Å². The monoisotopic (exact) mass is 253 g/mol. The second-order valence-electron chi connectivity index (χ2n) is 4.18. The molecule has 0 atom stereocenters. The molecule has 0 aliphatic rings. The van der Waals surface area contributed by atoms with E-state index < -0.39 is 0 Å². The molecule has 1 heterocycles. The molecular formula is C12H23N5O. The molecule has 0 fully saturated rings. The van der Waals surface area contributed by atoms with Gasteiger partial charge in [0.05, 0.1) is 6.54 Å². The van der Waals surface area contributed by atoms with Crippen LogP contribution >= 0.6 is 0 Å². The zero-order valence-corrected chi connectivity index (χ0v) is 11.3. The summed E-state index contributed by atoms with van der Waals surface area (Å²) in [4.78, 5) is 15.5. The summed E-state index contributed by atoms with van der Waals surface area (Å²) in [6, 6.07) is 0. The van der Waals surface area contributed by atoms with E-state index in [1.165, 1.54) is 0 Å². The Morgan fingerprint density at radius 1 is 1.33 bits per heavy atom. The van der Waals surface area contributed by atoms with Gasteiger partial charge in [-0.05, 0) is 12.8 Å². The molecule has 6 nitrogen and oxygen atoms in total. The molecule has 0 radical (unpaired) electrons. The molecular weight excluding hydrogens is 230 g/mol. The maximum Gasteiger partial charge on any atom is 0.221 e. The number of aryl methyl sites for hydroxylation is 1. The van der Waals surface area contributed by atoms with Crippen molar-refractivity contribution >= 4 is 5.91 Å². The van der Waals surface area contributed by atoms with E-state index in [2.05, 4.69) is 27.6 Å². The minimum absolute atomic E-state index is 0.0966. The van der Waals surface area contributed by atoms with Gasteiger partial charge in [-0.25, -0.2) is 9.67 Å². The predicted octanol–water partition coefficient (Wildman–Crippen LogP) is 0.694. The summed E-state index contributed by atoms with van der Waals surface area (Å²) in [5.41, 5.74) is 0. The van der Waals surface area contributed by atoms with Gasteiger partial charge >= 0.3 is 0 Å². The average Bonchev–Trinajstić information content (AvgIpc) is 2.80. The van der Waals surface area contributed by atoms with Gasteiger partial charge in [-0.1, -0.05) is 13.8 Å². The number of aromatic nitrogens is 3. The summed E-state index contributed by atoms with van der Waals surface area (Å²) in [6.07, 6.45) is 4.08. The van der Waals surface area contributed by atoms with Gasteiger partial charge in [0.2, 0.25) is 5.91 Å². The zero-order valence-electron chi connectivity index (χ0n) is 11.3. The zero-order chi connectivity index (χ0) is 13.2. The Bertz CT molecular complexity index is 350. The third-order valence-corrected chi connectivity index (χ3v) is 2.52. The van der Waals surface area contributed by atoms with Crippen molar-refractivity contribution in [1.29, 1.82) is 0 Å². The molecule has 18 heavy (non-hydrogen) atoms. The fourth-order valence-electron chi connectivity index (χ4n) is 1.58. The van der Waals surface area contributed by atoms with Crippen molar-refractivity contribution in [2.75, 3.05) is 13.1 Å². The molecule has 0 aromatic carbocycles. The third kappa shape index (κ3) is 5.27. The van der Waals surface area contributed by atoms with E-state index in [-0.39, 0.29) is 5.91 Å². The Morgan fingerprint density at radius 3 is 2.89 bits per heavy atom. The molecule has 1 aromatic rings. The van der Waals surface area contributed by atoms with Crippen LogP contribution in [0, 0.1) is 0 Å². The Kier molecular flexibility index (Phi) is 7.01. The maximum atomic E-state index is 11.3. The number of rotatable bonds is 9. The lowest BCUT2D eigenvalue weighted by Gasteiger charge is -2.06. The number of carbonyl (C=O) groups is 1. The highest BCUT2D eigenvalue weighted by Gasteiger charge is 2.03. The molecule has 2 N–H and O–H groups in total. The molecule has 0 aliphatic carbocycles. The molecule has 0 saturated carbocycles. The third-order valence-electron chi connectivity index (χ3n) is 2.52. The van der Waals surface area contributed by atoms with Crippen molar-refractivity contribution in [2.24, 2.45) is 0 Å². The van der Waals surface area contributed by atoms with Crippen LogP contribution in [0.15, 0.2) is 6.33 Å². The van der Waals surface area contributed by atoms with E-state index in [0.717, 1.165) is 31.8 Å². The van der Waals surface area contributed by atoms with E-state index in [1.54, 1.807) is 6.33 Å². The number of hydrogen-bond donors (Lipinski definition) is 2. The Labute approximate surface area is 108 Å². The van der Waals surface area contributed by atoms with Crippen LogP contribution in [-0.4, -0.2) is 33.8 Å². The second kappa shape index (κ2) is 8.63. The first-order valence-electron chi connectivity index (χ1n) is 6.62. The Hall–Kier alpha value is -1.43. The van der Waals surface area contributed by atoms with Crippen molar-refractivity contribution in [3.63, 3.8) is 0 Å². The topological polar surface area (TPSA) is 71.8 Å². The Balaban J connectivity index is 2.17. The van der Waals surface area contributed by atoms with Gasteiger partial charge in [0.15, 0.2) is 0 Å². The van der Waals surface area contributed by atoms with E-state index >= 15 is 0 Å². The van der Waals surface area contributed by atoms with Crippen molar-refractivity contribution in [2.45, 2.75) is 46.2 Å². The van der Waals surface area contributed by atoms with Gasteiger partial charge in [0, 0.05) is 26.1 Å². The van der Waals surface area contributed by atoms with Crippen molar-refractivity contribution in [3.05, 3.63) is 12.2 Å². The predicted molar refractivity (Wildman–Crippen MR) is 69.9 cm³/mol. The number of hydrogen-bond acceptors (Lipinski definition) is 4. The lowest BCUT2D eigenvalue weighted by molar-refractivity contribution is -0.120. The van der Waals surface area contributed by atoms with Crippen LogP contribution in [0.25, 0.3) is 0 Å². The van der Waals surface area contributed by atoms with E-state index in [9.17, 15) is 4.79 Å². The summed E-state index contributed by atoms with van der Waals surface area (Å²) in [5.74, 6) is 1.02. The molecule has 1 rings (SSSR count). The summed E-state index contributed by atoms with van der Waals surface area (Å²) in [5, 5.41) is 10.2. The standard InChI is InChI=1S/C12H23N5O/c1-3-6-14-12(18)5-7-13-9-11-15-10-16-17(11)8-4-2/h10,13H,3-9H2,1-2H3,(H,14,18). The Morgan fingerprint density at radius 2 is 2.17 bits per heavy atom. The van der Waals surface area contributed by atoms with Gasteiger partial charge in [0.25, 0.3) is 0 Å². The molecule has 1 aromatic heterocycles. The normalized spacial score (nSPS) is 10.6. The van der Waals surface area contributed by atoms with Crippen molar-refractivity contribution in [1.82, 2.24) is 25.4 Å². The average molecular weight is 253 g/mol. The molecule has 6 heteroatoms. The smallest absolute Gasteiger partial charge is 0.221 e. The number of nitrogens with one attached hydrogen (secondary N) is 2. The fraction of sp³-hybridized carbons (Fsp3) is 0.750. The first kappa shape index (κ1) is 14.6. The highest BCUT2D eigenvalue weighted by atomic mass is 16.1. The number of carbonyl (C=O) groups excluding carboxylic acids is 1. The van der Waals surface area contributed by atoms with Crippen LogP contribution in [0.2, 0.25) is 0 Å². The molecule has 102 valence electrons. The van der Waals surface area contributed by atoms with Crippen LogP contribution in [0.1, 0.15) is 38.9 Å². The summed E-state index contributed by atoms with van der Waals surface area (Å²) >= 11 is 0. The van der Waals surface area contributed by atoms with Gasteiger partial charge in [-0.3, -0.25) is 4.79 Å². The van der Waals surface area contributed by atoms with Crippen molar-refractivity contribution < 1.29 is 4.79 Å². The molecule has 0 spiro atoms. The molecule has 0 unspecified atom stereocenters. The highest BCUT2D eigenvalue weighted by Crippen LogP contribution is 1.95. The quantitative estimate of drug-likeness (QED) is 0.635. The van der Waals surface area contributed by atoms with Gasteiger partial charge < -0.3 is 10.6 Å². The molecule has 0 bridgehead atoms. The number of nitrogens with zero attached hydrogens (tertiary/aromatic N) is 3. The first-order chi connectivity index (χ1) is 8.77. The lowest BCUT2D eigenvalue weighted by atomic mass is 10.3. The van der Waals surface area contributed by atoms with Crippen LogP contribution in [0.4, 0.5) is 0 Å². The maximum absolute atomic E-state index is 11.3. The van der Waals surface area contributed by atoms with Gasteiger partial charge in [-0.15, -0.1) is 0 Å². The van der Waals surface area contributed by atoms with Crippen molar-refractivity contribution in [3.8, 4) is 0 Å². The number of amides is 1. The van der Waals surface area contributed by atoms with Crippen LogP contribution in [0.3, 0.4) is 0 Å². The summed E-state index contributed by atoms with van der Waals surface area (Å²) in [6.45, 7) is 7.10. The van der Waals surface area contributed by atoms with Crippen LogP contribution in [-0.2, 0) is 17.9 Å². The van der Waals surface area contributed by atoms with Crippen LogP contribution < -0.4 is 10.6 Å².